The second-order valence-corrected chi connectivity index (χ2v) is 1.54. The summed E-state index contributed by atoms with van der Waals surface area (Å²) in [5, 5.41) is 0. The molecule has 0 aliphatic rings. The summed E-state index contributed by atoms with van der Waals surface area (Å²) in [5.41, 5.74) is 0.750. The van der Waals surface area contributed by atoms with Crippen LogP contribution in [0.25, 0.3) is 0 Å². The Morgan fingerprint density at radius 1 is 1.62 bits per heavy atom. The predicted molar refractivity (Wildman–Crippen MR) is 34.6 cm³/mol. The molecule has 0 fully saturated rings. The zero-order valence-electron chi connectivity index (χ0n) is 5.27. The Balaban J connectivity index is 4.03. The van der Waals surface area contributed by atoms with Crippen LogP contribution in [0.5, 0.6) is 0 Å². The number of carbonyl (C=O) groups is 1. The average molecular weight is 110 g/mol. The van der Waals surface area contributed by atoms with Gasteiger partial charge < -0.3 is 0 Å². The molecule has 0 unspecified atom stereocenters. The Morgan fingerprint density at radius 3 is 2.25 bits per heavy atom. The van der Waals surface area contributed by atoms with Gasteiger partial charge in [-0.1, -0.05) is 12.7 Å². The Kier molecular flexibility index (Phi) is 2.85. The van der Waals surface area contributed by atoms with Crippen molar-refractivity contribution in [3.05, 3.63) is 24.3 Å². The first kappa shape index (κ1) is 7.15. The van der Waals surface area contributed by atoms with Gasteiger partial charge in [-0.2, -0.15) is 0 Å². The molecule has 0 aromatic carbocycles. The Bertz CT molecular complexity index is 131. The third-order valence-electron chi connectivity index (χ3n) is 1.01. The maximum absolute atomic E-state index is 10.6. The Labute approximate surface area is 49.7 Å². The highest BCUT2D eigenvalue weighted by Gasteiger charge is 1.92. The summed E-state index contributed by atoms with van der Waals surface area (Å²) in [6, 6.07) is 0. The van der Waals surface area contributed by atoms with E-state index in [2.05, 4.69) is 6.58 Å². The number of rotatable bonds is 2. The van der Waals surface area contributed by atoms with Gasteiger partial charge in [-0.3, -0.25) is 4.79 Å². The van der Waals surface area contributed by atoms with Crippen LogP contribution in [-0.2, 0) is 4.79 Å². The lowest BCUT2D eigenvalue weighted by molar-refractivity contribution is -0.111. The van der Waals surface area contributed by atoms with Crippen molar-refractivity contribution in [2.45, 2.75) is 13.8 Å². The molecule has 0 aromatic rings. The molecular weight excluding hydrogens is 100 g/mol. The van der Waals surface area contributed by atoms with Crippen LogP contribution in [0.3, 0.4) is 0 Å². The number of carbonyl (C=O) groups excluding carboxylic acids is 1. The largest absolute Gasteiger partial charge is 0.290 e. The average Bonchev–Trinajstić information content (AvgIpc) is 1.84. The van der Waals surface area contributed by atoms with E-state index < -0.39 is 0 Å². The standard InChI is InChI=1S/C7H10O/c1-4-6(3)7(8)5-2/h4-5H,2H2,1,3H3. The molecule has 0 amide bonds. The first-order chi connectivity index (χ1) is 3.72. The van der Waals surface area contributed by atoms with E-state index >= 15 is 0 Å². The second kappa shape index (κ2) is 3.19. The van der Waals surface area contributed by atoms with Crippen LogP contribution >= 0.6 is 0 Å². The molecule has 0 saturated carbocycles. The molecule has 0 N–H and O–H groups in total. The first-order valence-corrected chi connectivity index (χ1v) is 2.52. The van der Waals surface area contributed by atoms with Gasteiger partial charge in [0.2, 0.25) is 0 Å². The maximum Gasteiger partial charge on any atom is 0.180 e. The fourth-order valence-corrected chi connectivity index (χ4v) is 0.303. The van der Waals surface area contributed by atoms with E-state index in [1.807, 2.05) is 6.92 Å². The van der Waals surface area contributed by atoms with Gasteiger partial charge in [0.1, 0.15) is 0 Å². The molecule has 0 radical (unpaired) electrons. The zero-order valence-corrected chi connectivity index (χ0v) is 5.27. The van der Waals surface area contributed by atoms with E-state index in [0.29, 0.717) is 0 Å². The lowest BCUT2D eigenvalue weighted by Crippen LogP contribution is -1.91. The van der Waals surface area contributed by atoms with E-state index in [1.165, 1.54) is 6.08 Å². The van der Waals surface area contributed by atoms with E-state index in [4.69, 9.17) is 0 Å². The van der Waals surface area contributed by atoms with Crippen molar-refractivity contribution in [1.82, 2.24) is 0 Å². The van der Waals surface area contributed by atoms with Crippen molar-refractivity contribution < 1.29 is 4.79 Å². The van der Waals surface area contributed by atoms with Crippen LogP contribution in [0.2, 0.25) is 0 Å². The first-order valence-electron chi connectivity index (χ1n) is 2.52. The Hall–Kier alpha value is -0.850. The van der Waals surface area contributed by atoms with Crippen LogP contribution in [0.4, 0.5) is 0 Å². The summed E-state index contributed by atoms with van der Waals surface area (Å²) in [7, 11) is 0. The fourth-order valence-electron chi connectivity index (χ4n) is 0.303. The molecule has 0 rings (SSSR count). The van der Waals surface area contributed by atoms with E-state index in [0.717, 1.165) is 5.57 Å². The smallest absolute Gasteiger partial charge is 0.180 e. The molecule has 1 heteroatoms. The molecule has 0 saturated heterocycles. The second-order valence-electron chi connectivity index (χ2n) is 1.54. The minimum Gasteiger partial charge on any atom is -0.290 e. The zero-order chi connectivity index (χ0) is 6.57. The van der Waals surface area contributed by atoms with Crippen molar-refractivity contribution in [2.75, 3.05) is 0 Å². The molecule has 0 bridgehead atoms. The van der Waals surface area contributed by atoms with Gasteiger partial charge in [-0.05, 0) is 25.5 Å². The van der Waals surface area contributed by atoms with Crippen LogP contribution in [-0.4, -0.2) is 5.78 Å². The number of hydrogen-bond donors (Lipinski definition) is 0. The highest BCUT2D eigenvalue weighted by Crippen LogP contribution is 1.92. The molecule has 0 aromatic heterocycles. The van der Waals surface area contributed by atoms with E-state index in [9.17, 15) is 4.79 Å². The topological polar surface area (TPSA) is 17.1 Å². The van der Waals surface area contributed by atoms with Crippen LogP contribution in [0.1, 0.15) is 13.8 Å². The van der Waals surface area contributed by atoms with Gasteiger partial charge in [-0.15, -0.1) is 0 Å². The molecule has 0 spiro atoms. The summed E-state index contributed by atoms with van der Waals surface area (Å²) in [6.45, 7) is 6.94. The molecular formula is C7H10O. The minimum atomic E-state index is 0.00694. The molecule has 8 heavy (non-hydrogen) atoms. The van der Waals surface area contributed by atoms with Crippen molar-refractivity contribution in [3.63, 3.8) is 0 Å². The highest BCUT2D eigenvalue weighted by molar-refractivity contribution is 6.02. The SMILES string of the molecule is C=CC(=O)C(C)=CC. The van der Waals surface area contributed by atoms with Gasteiger partial charge >= 0.3 is 0 Å². The number of allylic oxidation sites excluding steroid dienone is 3. The highest BCUT2D eigenvalue weighted by atomic mass is 16.1. The predicted octanol–water partition coefficient (Wildman–Crippen LogP) is 1.71. The molecule has 44 valence electrons. The lowest BCUT2D eigenvalue weighted by Gasteiger charge is -1.87. The van der Waals surface area contributed by atoms with Crippen LogP contribution in [0.15, 0.2) is 24.3 Å². The van der Waals surface area contributed by atoms with E-state index in [-0.39, 0.29) is 5.78 Å². The summed E-state index contributed by atoms with van der Waals surface area (Å²) in [6.07, 6.45) is 3.08. The maximum atomic E-state index is 10.6. The minimum absolute atomic E-state index is 0.00694. The van der Waals surface area contributed by atoms with Gasteiger partial charge in [0.25, 0.3) is 0 Å². The third-order valence-corrected chi connectivity index (χ3v) is 1.01. The number of hydrogen-bond acceptors (Lipinski definition) is 1. The molecule has 0 heterocycles. The van der Waals surface area contributed by atoms with Crippen molar-refractivity contribution in [2.24, 2.45) is 0 Å². The summed E-state index contributed by atoms with van der Waals surface area (Å²) >= 11 is 0. The monoisotopic (exact) mass is 110 g/mol. The molecule has 0 aliphatic carbocycles. The Morgan fingerprint density at radius 2 is 2.12 bits per heavy atom. The lowest BCUT2D eigenvalue weighted by atomic mass is 10.2. The normalized spacial score (nSPS) is 11.0. The van der Waals surface area contributed by atoms with Gasteiger partial charge in [0.05, 0.1) is 0 Å². The summed E-state index contributed by atoms with van der Waals surface area (Å²) in [5.74, 6) is 0.00694. The quantitative estimate of drug-likeness (QED) is 0.494. The number of ketones is 1. The molecule has 0 atom stereocenters. The third kappa shape index (κ3) is 1.73. The molecule has 1 nitrogen and oxygen atoms in total. The molecule has 0 aliphatic heterocycles. The van der Waals surface area contributed by atoms with Crippen LogP contribution in [0, 0.1) is 0 Å². The van der Waals surface area contributed by atoms with Gasteiger partial charge in [0, 0.05) is 0 Å². The van der Waals surface area contributed by atoms with Gasteiger partial charge in [0.15, 0.2) is 5.78 Å². The van der Waals surface area contributed by atoms with Gasteiger partial charge in [-0.25, -0.2) is 0 Å². The van der Waals surface area contributed by atoms with Crippen LogP contribution < -0.4 is 0 Å². The fraction of sp³-hybridized carbons (Fsp3) is 0.286. The summed E-state index contributed by atoms with van der Waals surface area (Å²) < 4.78 is 0. The van der Waals surface area contributed by atoms with Crippen molar-refractivity contribution >= 4 is 5.78 Å². The van der Waals surface area contributed by atoms with Crippen molar-refractivity contribution in [1.29, 1.82) is 0 Å². The summed E-state index contributed by atoms with van der Waals surface area (Å²) in [4.78, 5) is 10.6. The van der Waals surface area contributed by atoms with Crippen molar-refractivity contribution in [3.8, 4) is 0 Å². The van der Waals surface area contributed by atoms with E-state index in [1.54, 1.807) is 13.0 Å².